The van der Waals surface area contributed by atoms with E-state index < -0.39 is 0 Å². The second-order valence-corrected chi connectivity index (χ2v) is 8.82. The van der Waals surface area contributed by atoms with Gasteiger partial charge in [0.15, 0.2) is 5.11 Å². The molecule has 32 heavy (non-hydrogen) atoms. The third-order valence-corrected chi connectivity index (χ3v) is 6.63. The van der Waals surface area contributed by atoms with Gasteiger partial charge in [0.1, 0.15) is 17.6 Å². The van der Waals surface area contributed by atoms with Crippen molar-refractivity contribution in [2.45, 2.75) is 19.0 Å². The Bertz CT molecular complexity index is 1270. The lowest BCUT2D eigenvalue weighted by Crippen LogP contribution is -2.29. The van der Waals surface area contributed by atoms with Crippen molar-refractivity contribution in [3.8, 4) is 11.3 Å². The van der Waals surface area contributed by atoms with Crippen molar-refractivity contribution in [1.29, 1.82) is 0 Å². The van der Waals surface area contributed by atoms with Crippen LogP contribution in [-0.4, -0.2) is 10.1 Å². The molecule has 0 saturated carbocycles. The molecule has 5 rings (SSSR count). The zero-order valence-corrected chi connectivity index (χ0v) is 19.5. The van der Waals surface area contributed by atoms with Gasteiger partial charge in [0, 0.05) is 27.5 Å². The Hall–Kier alpha value is -2.86. The average molecular weight is 480 g/mol. The van der Waals surface area contributed by atoms with Gasteiger partial charge in [0.2, 0.25) is 0 Å². The van der Waals surface area contributed by atoms with Crippen LogP contribution in [0.25, 0.3) is 11.3 Å². The number of hydrogen-bond acceptors (Lipinski definition) is 3. The lowest BCUT2D eigenvalue weighted by atomic mass is 10.0. The van der Waals surface area contributed by atoms with Crippen LogP contribution in [0.4, 0.5) is 5.69 Å². The normalized spacial score (nSPS) is 18.1. The SMILES string of the molecule is Cc1c(Cl)cccc1-c1ccc([C@H]2[C@H](c3ccccn3)NC(=S)N2c2ccc(Cl)cc2)o1. The molecule has 2 aromatic carbocycles. The predicted octanol–water partition coefficient (Wildman–Crippen LogP) is 7.13. The number of furan rings is 1. The average Bonchev–Trinajstić information content (AvgIpc) is 3.41. The first kappa shape index (κ1) is 21.0. The van der Waals surface area contributed by atoms with Gasteiger partial charge in [-0.3, -0.25) is 4.98 Å². The standard InChI is InChI=1S/C25H19Cl2N3OS/c1-15-18(5-4-6-19(15)27)21-12-13-22(31-21)24-23(20-7-2-3-14-28-20)29-25(32)30(24)17-10-8-16(26)9-11-17/h2-14,23-24H,1H3,(H,29,32)/t23-,24-/m0/s1. The number of nitrogens with zero attached hydrogens (tertiary/aromatic N) is 2. The molecular formula is C25H19Cl2N3OS. The van der Waals surface area contributed by atoms with Crippen LogP contribution in [0.5, 0.6) is 0 Å². The Labute approximate surface area is 201 Å². The van der Waals surface area contributed by atoms with Crippen LogP contribution in [0.15, 0.2) is 83.4 Å². The first-order valence-corrected chi connectivity index (χ1v) is 11.3. The Morgan fingerprint density at radius 2 is 1.78 bits per heavy atom. The third-order valence-electron chi connectivity index (χ3n) is 5.65. The van der Waals surface area contributed by atoms with E-state index in [0.29, 0.717) is 15.2 Å². The van der Waals surface area contributed by atoms with E-state index >= 15 is 0 Å². The van der Waals surface area contributed by atoms with Gasteiger partial charge < -0.3 is 14.6 Å². The van der Waals surface area contributed by atoms with Gasteiger partial charge in [-0.2, -0.15) is 0 Å². The van der Waals surface area contributed by atoms with Crippen LogP contribution in [0.1, 0.15) is 29.1 Å². The van der Waals surface area contributed by atoms with E-state index in [9.17, 15) is 0 Å². The summed E-state index contributed by atoms with van der Waals surface area (Å²) in [5.41, 5.74) is 3.75. The molecule has 160 valence electrons. The molecule has 3 heterocycles. The highest BCUT2D eigenvalue weighted by molar-refractivity contribution is 7.80. The number of thiocarbonyl (C=S) groups is 1. The molecule has 4 nitrogen and oxygen atoms in total. The van der Waals surface area contributed by atoms with Gasteiger partial charge in [-0.15, -0.1) is 0 Å². The molecule has 1 N–H and O–H groups in total. The Morgan fingerprint density at radius 1 is 0.969 bits per heavy atom. The Kier molecular flexibility index (Phi) is 5.64. The van der Waals surface area contributed by atoms with Crippen molar-refractivity contribution >= 4 is 46.2 Å². The zero-order chi connectivity index (χ0) is 22.2. The van der Waals surface area contributed by atoms with Crippen LogP contribution in [0.2, 0.25) is 10.0 Å². The molecule has 2 atom stereocenters. The van der Waals surface area contributed by atoms with Gasteiger partial charge in [-0.25, -0.2) is 0 Å². The lowest BCUT2D eigenvalue weighted by molar-refractivity contribution is 0.439. The maximum Gasteiger partial charge on any atom is 0.174 e. The molecule has 1 aliphatic heterocycles. The number of hydrogen-bond donors (Lipinski definition) is 1. The number of rotatable bonds is 4. The fraction of sp³-hybridized carbons (Fsp3) is 0.120. The summed E-state index contributed by atoms with van der Waals surface area (Å²) in [6.07, 6.45) is 1.78. The number of benzene rings is 2. The van der Waals surface area contributed by atoms with Crippen LogP contribution in [0, 0.1) is 6.92 Å². The highest BCUT2D eigenvalue weighted by Gasteiger charge is 2.42. The van der Waals surface area contributed by atoms with Gasteiger partial charge in [-0.1, -0.05) is 41.4 Å². The minimum Gasteiger partial charge on any atom is -0.459 e. The first-order chi connectivity index (χ1) is 15.5. The summed E-state index contributed by atoms with van der Waals surface area (Å²) in [4.78, 5) is 6.63. The van der Waals surface area contributed by atoms with Crippen LogP contribution in [-0.2, 0) is 0 Å². The lowest BCUT2D eigenvalue weighted by Gasteiger charge is -2.26. The van der Waals surface area contributed by atoms with Gasteiger partial charge >= 0.3 is 0 Å². The fourth-order valence-corrected chi connectivity index (χ4v) is 4.70. The molecule has 0 spiro atoms. The molecule has 0 amide bonds. The van der Waals surface area contributed by atoms with Crippen molar-refractivity contribution in [2.75, 3.05) is 4.90 Å². The highest BCUT2D eigenvalue weighted by Crippen LogP contribution is 2.43. The summed E-state index contributed by atoms with van der Waals surface area (Å²) < 4.78 is 6.41. The predicted molar refractivity (Wildman–Crippen MR) is 133 cm³/mol. The van der Waals surface area contributed by atoms with Crippen molar-refractivity contribution in [2.24, 2.45) is 0 Å². The van der Waals surface area contributed by atoms with E-state index in [1.54, 1.807) is 6.20 Å². The molecule has 4 aromatic rings. The second-order valence-electron chi connectivity index (χ2n) is 7.59. The second kappa shape index (κ2) is 8.58. The number of halogens is 2. The number of aromatic nitrogens is 1. The van der Waals surface area contributed by atoms with E-state index in [-0.39, 0.29) is 12.1 Å². The smallest absolute Gasteiger partial charge is 0.174 e. The first-order valence-electron chi connectivity index (χ1n) is 10.1. The van der Waals surface area contributed by atoms with Gasteiger partial charge in [-0.05, 0) is 79.3 Å². The summed E-state index contributed by atoms with van der Waals surface area (Å²) in [7, 11) is 0. The van der Waals surface area contributed by atoms with E-state index in [2.05, 4.69) is 15.2 Å². The van der Waals surface area contributed by atoms with Crippen molar-refractivity contribution < 1.29 is 4.42 Å². The van der Waals surface area contributed by atoms with E-state index in [4.69, 9.17) is 39.8 Å². The van der Waals surface area contributed by atoms with E-state index in [1.807, 2.05) is 79.7 Å². The summed E-state index contributed by atoms with van der Waals surface area (Å²) >= 11 is 18.2. The van der Waals surface area contributed by atoms with Gasteiger partial charge in [0.25, 0.3) is 0 Å². The van der Waals surface area contributed by atoms with Crippen LogP contribution >= 0.6 is 35.4 Å². The molecule has 0 bridgehead atoms. The van der Waals surface area contributed by atoms with E-state index in [0.717, 1.165) is 34.0 Å². The zero-order valence-electron chi connectivity index (χ0n) is 17.1. The maximum atomic E-state index is 6.41. The van der Waals surface area contributed by atoms with Crippen molar-refractivity contribution in [1.82, 2.24) is 10.3 Å². The molecule has 1 fully saturated rings. The topological polar surface area (TPSA) is 41.3 Å². The van der Waals surface area contributed by atoms with Crippen LogP contribution < -0.4 is 10.2 Å². The van der Waals surface area contributed by atoms with Crippen LogP contribution in [0.3, 0.4) is 0 Å². The molecule has 0 aliphatic carbocycles. The fourth-order valence-electron chi connectivity index (χ4n) is 4.05. The van der Waals surface area contributed by atoms with Crippen molar-refractivity contribution in [3.63, 3.8) is 0 Å². The Balaban J connectivity index is 1.61. The minimum atomic E-state index is -0.230. The summed E-state index contributed by atoms with van der Waals surface area (Å²) in [6, 6.07) is 22.8. The molecule has 0 unspecified atom stereocenters. The summed E-state index contributed by atoms with van der Waals surface area (Å²) in [5.74, 6) is 1.53. The van der Waals surface area contributed by atoms with Crippen molar-refractivity contribution in [3.05, 3.63) is 106 Å². The summed E-state index contributed by atoms with van der Waals surface area (Å²) in [5, 5.41) is 5.41. The molecular weight excluding hydrogens is 461 g/mol. The largest absolute Gasteiger partial charge is 0.459 e. The summed E-state index contributed by atoms with van der Waals surface area (Å²) in [6.45, 7) is 1.99. The molecule has 0 radical (unpaired) electrons. The third kappa shape index (κ3) is 3.77. The van der Waals surface area contributed by atoms with E-state index in [1.165, 1.54) is 0 Å². The molecule has 1 aliphatic rings. The Morgan fingerprint density at radius 3 is 2.53 bits per heavy atom. The quantitative estimate of drug-likeness (QED) is 0.315. The number of nitrogens with one attached hydrogen (secondary N) is 1. The maximum absolute atomic E-state index is 6.41. The van der Waals surface area contributed by atoms with Gasteiger partial charge in [0.05, 0.1) is 11.7 Å². The molecule has 1 saturated heterocycles. The highest BCUT2D eigenvalue weighted by atomic mass is 35.5. The number of anilines is 1. The number of pyridine rings is 1. The molecule has 2 aromatic heterocycles. The monoisotopic (exact) mass is 479 g/mol. The minimum absolute atomic E-state index is 0.182. The molecule has 7 heteroatoms.